The van der Waals surface area contributed by atoms with Crippen LogP contribution in [0, 0.1) is 0 Å². The van der Waals surface area contributed by atoms with Gasteiger partial charge in [-0.05, 0) is 49.2 Å². The molecular weight excluding hydrogens is 260 g/mol. The van der Waals surface area contributed by atoms with E-state index in [0.717, 1.165) is 37.1 Å². The predicted octanol–water partition coefficient (Wildman–Crippen LogP) is 1.37. The number of nitrogens with two attached hydrogens (primary N) is 1. The lowest BCUT2D eigenvalue weighted by Gasteiger charge is -2.14. The summed E-state index contributed by atoms with van der Waals surface area (Å²) in [6, 6.07) is 5.34. The summed E-state index contributed by atoms with van der Waals surface area (Å²) < 4.78 is 25.0. The van der Waals surface area contributed by atoms with Gasteiger partial charge < -0.3 is 5.73 Å². The smallest absolute Gasteiger partial charge is 0.204 e. The maximum absolute atomic E-state index is 12.5. The van der Waals surface area contributed by atoms with E-state index in [-0.39, 0.29) is 0 Å². The molecule has 2 aliphatic rings. The minimum Gasteiger partial charge on any atom is -0.326 e. The maximum Gasteiger partial charge on any atom is 0.204 e. The molecule has 19 heavy (non-hydrogen) atoms. The number of sulfone groups is 1. The van der Waals surface area contributed by atoms with Crippen LogP contribution in [0.3, 0.4) is 0 Å². The normalized spacial score (nSPS) is 21.4. The first-order valence-corrected chi connectivity index (χ1v) is 8.11. The van der Waals surface area contributed by atoms with E-state index in [1.54, 1.807) is 12.1 Å². The number of likely N-dealkylation sites (tertiary alicyclic amines) is 1. The summed E-state index contributed by atoms with van der Waals surface area (Å²) in [5.74, 6) is 0. The molecule has 2 N–H and O–H groups in total. The zero-order valence-electron chi connectivity index (χ0n) is 10.8. The molecule has 4 nitrogen and oxygen atoms in total. The lowest BCUT2D eigenvalue weighted by atomic mass is 10.1. The molecule has 1 aromatic carbocycles. The van der Waals surface area contributed by atoms with Gasteiger partial charge in [-0.1, -0.05) is 12.1 Å². The molecule has 3 rings (SSSR count). The minimum atomic E-state index is -3.30. The Hall–Kier alpha value is -1.17. The fraction of sp³-hybridized carbons (Fsp3) is 0.429. The second-order valence-corrected chi connectivity index (χ2v) is 7.10. The second kappa shape index (κ2) is 4.74. The van der Waals surface area contributed by atoms with E-state index in [2.05, 4.69) is 4.90 Å². The molecule has 0 aliphatic carbocycles. The Kier molecular flexibility index (Phi) is 3.20. The van der Waals surface area contributed by atoms with Crippen molar-refractivity contribution in [2.75, 3.05) is 19.6 Å². The van der Waals surface area contributed by atoms with Crippen LogP contribution in [-0.4, -0.2) is 33.0 Å². The number of hydrogen-bond acceptors (Lipinski definition) is 4. The highest BCUT2D eigenvalue weighted by molar-refractivity contribution is 7.95. The number of rotatable bonds is 3. The minimum absolute atomic E-state index is 0.367. The lowest BCUT2D eigenvalue weighted by molar-refractivity contribution is 0.374. The molecule has 0 unspecified atom stereocenters. The fourth-order valence-corrected chi connectivity index (χ4v) is 4.48. The summed E-state index contributed by atoms with van der Waals surface area (Å²) in [6.07, 6.45) is 4.13. The van der Waals surface area contributed by atoms with Gasteiger partial charge in [0.05, 0.1) is 9.80 Å². The molecule has 102 valence electrons. The molecule has 0 bridgehead atoms. The molecule has 0 saturated carbocycles. The van der Waals surface area contributed by atoms with Gasteiger partial charge in [-0.25, -0.2) is 8.42 Å². The van der Waals surface area contributed by atoms with Crippen LogP contribution in [0.5, 0.6) is 0 Å². The number of benzene rings is 1. The number of hydrogen-bond donors (Lipinski definition) is 1. The van der Waals surface area contributed by atoms with E-state index in [1.165, 1.54) is 0 Å². The highest BCUT2D eigenvalue weighted by atomic mass is 32.2. The maximum atomic E-state index is 12.5. The van der Waals surface area contributed by atoms with Crippen molar-refractivity contribution in [3.05, 3.63) is 34.2 Å². The van der Waals surface area contributed by atoms with Gasteiger partial charge in [0.15, 0.2) is 0 Å². The van der Waals surface area contributed by atoms with Crippen molar-refractivity contribution in [1.82, 2.24) is 4.90 Å². The first-order valence-electron chi connectivity index (χ1n) is 6.63. The highest BCUT2D eigenvalue weighted by Gasteiger charge is 2.32. The molecule has 2 aliphatic heterocycles. The topological polar surface area (TPSA) is 63.4 Å². The first-order chi connectivity index (χ1) is 9.13. The summed E-state index contributed by atoms with van der Waals surface area (Å²) in [5, 5.41) is 0. The van der Waals surface area contributed by atoms with Crippen molar-refractivity contribution in [3.8, 4) is 0 Å². The molecule has 0 amide bonds. The van der Waals surface area contributed by atoms with Crippen molar-refractivity contribution in [2.24, 2.45) is 5.73 Å². The van der Waals surface area contributed by atoms with Gasteiger partial charge >= 0.3 is 0 Å². The summed E-state index contributed by atoms with van der Waals surface area (Å²) in [5.41, 5.74) is 7.38. The zero-order chi connectivity index (χ0) is 13.5. The van der Waals surface area contributed by atoms with Gasteiger partial charge in [-0.3, -0.25) is 4.90 Å². The molecule has 5 heteroatoms. The van der Waals surface area contributed by atoms with E-state index >= 15 is 0 Å². The monoisotopic (exact) mass is 278 g/mol. The first kappa shape index (κ1) is 12.8. The van der Waals surface area contributed by atoms with Gasteiger partial charge in [-0.2, -0.15) is 0 Å². The van der Waals surface area contributed by atoms with Crippen LogP contribution in [0.25, 0.3) is 6.08 Å². The quantitative estimate of drug-likeness (QED) is 0.907. The van der Waals surface area contributed by atoms with Gasteiger partial charge in [-0.15, -0.1) is 0 Å². The van der Waals surface area contributed by atoms with Gasteiger partial charge in [0.25, 0.3) is 0 Å². The van der Waals surface area contributed by atoms with Crippen LogP contribution in [0.1, 0.15) is 24.0 Å². The molecular formula is C14H18N2O2S. The van der Waals surface area contributed by atoms with Crippen molar-refractivity contribution in [3.63, 3.8) is 0 Å². The SMILES string of the molecule is NCc1cccc2c1C=C(CN1CCCC1)S2(=O)=O. The van der Waals surface area contributed by atoms with E-state index < -0.39 is 9.84 Å². The molecule has 2 heterocycles. The van der Waals surface area contributed by atoms with Gasteiger partial charge in [0.1, 0.15) is 0 Å². The van der Waals surface area contributed by atoms with Crippen LogP contribution >= 0.6 is 0 Å². The predicted molar refractivity (Wildman–Crippen MR) is 75.2 cm³/mol. The summed E-state index contributed by atoms with van der Waals surface area (Å²) >= 11 is 0. The Labute approximate surface area is 113 Å². The summed E-state index contributed by atoms with van der Waals surface area (Å²) in [6.45, 7) is 2.88. The van der Waals surface area contributed by atoms with Gasteiger partial charge in [0, 0.05) is 13.1 Å². The third kappa shape index (κ3) is 2.12. The third-order valence-electron chi connectivity index (χ3n) is 3.89. The Morgan fingerprint density at radius 2 is 1.95 bits per heavy atom. The second-order valence-electron chi connectivity index (χ2n) is 5.13. The summed E-state index contributed by atoms with van der Waals surface area (Å²) in [4.78, 5) is 3.15. The van der Waals surface area contributed by atoms with Crippen LogP contribution in [-0.2, 0) is 16.4 Å². The van der Waals surface area contributed by atoms with Crippen molar-refractivity contribution in [2.45, 2.75) is 24.3 Å². The largest absolute Gasteiger partial charge is 0.326 e. The van der Waals surface area contributed by atoms with Gasteiger partial charge in [0.2, 0.25) is 9.84 Å². The van der Waals surface area contributed by atoms with Crippen molar-refractivity contribution in [1.29, 1.82) is 0 Å². The molecule has 0 aromatic heterocycles. The van der Waals surface area contributed by atoms with Crippen molar-refractivity contribution < 1.29 is 8.42 Å². The third-order valence-corrected chi connectivity index (χ3v) is 5.77. The van der Waals surface area contributed by atoms with Crippen molar-refractivity contribution >= 4 is 15.9 Å². The molecule has 0 radical (unpaired) electrons. The average Bonchev–Trinajstić information content (AvgIpc) is 2.98. The van der Waals surface area contributed by atoms with Crippen LogP contribution < -0.4 is 5.73 Å². The molecule has 0 spiro atoms. The Bertz CT molecular complexity index is 629. The Balaban J connectivity index is 1.99. The summed E-state index contributed by atoms with van der Waals surface area (Å²) in [7, 11) is -3.30. The molecule has 1 fully saturated rings. The van der Waals surface area contributed by atoms with Crippen LogP contribution in [0.15, 0.2) is 28.0 Å². The Morgan fingerprint density at radius 3 is 2.63 bits per heavy atom. The fourth-order valence-electron chi connectivity index (χ4n) is 2.84. The van der Waals surface area contributed by atoms with E-state index in [4.69, 9.17) is 5.73 Å². The number of nitrogens with zero attached hydrogens (tertiary/aromatic N) is 1. The highest BCUT2D eigenvalue weighted by Crippen LogP contribution is 2.35. The number of fused-ring (bicyclic) bond motifs is 1. The average molecular weight is 278 g/mol. The standard InChI is InChI=1S/C14H18N2O2S/c15-9-11-4-3-5-14-13(11)8-12(19(14,17)18)10-16-6-1-2-7-16/h3-5,8H,1-2,6-7,9-10,15H2. The molecule has 1 saturated heterocycles. The van der Waals surface area contributed by atoms with E-state index in [0.29, 0.717) is 22.9 Å². The Morgan fingerprint density at radius 1 is 1.21 bits per heavy atom. The van der Waals surface area contributed by atoms with E-state index in [9.17, 15) is 8.42 Å². The molecule has 1 aromatic rings. The van der Waals surface area contributed by atoms with E-state index in [1.807, 2.05) is 12.1 Å². The molecule has 0 atom stereocenters. The lowest BCUT2D eigenvalue weighted by Crippen LogP contribution is -2.23. The van der Waals surface area contributed by atoms with Crippen LogP contribution in [0.2, 0.25) is 0 Å². The van der Waals surface area contributed by atoms with Crippen LogP contribution in [0.4, 0.5) is 0 Å². The zero-order valence-corrected chi connectivity index (χ0v) is 11.6.